The van der Waals surface area contributed by atoms with Gasteiger partial charge in [-0.1, -0.05) is 12.1 Å². The Morgan fingerprint density at radius 2 is 2.25 bits per heavy atom. The van der Waals surface area contributed by atoms with E-state index in [0.29, 0.717) is 13.0 Å². The van der Waals surface area contributed by atoms with Gasteiger partial charge < -0.3 is 15.1 Å². The number of carbonyl (C=O) groups excluding carboxylic acids is 1. The lowest BCUT2D eigenvalue weighted by Crippen LogP contribution is -2.29. The zero-order valence-corrected chi connectivity index (χ0v) is 9.18. The molecule has 1 atom stereocenters. The molecule has 1 aromatic carbocycles. The fourth-order valence-electron chi connectivity index (χ4n) is 2.01. The van der Waals surface area contributed by atoms with E-state index < -0.39 is 6.10 Å². The summed E-state index contributed by atoms with van der Waals surface area (Å²) in [6.07, 6.45) is -0.164. The van der Waals surface area contributed by atoms with Gasteiger partial charge >= 0.3 is 0 Å². The molecule has 0 saturated carbocycles. The average molecular weight is 221 g/mol. The number of β-amino-alcohol motifs (C(OH)–C–C–N with tert-alkyl or cyclic N) is 1. The summed E-state index contributed by atoms with van der Waals surface area (Å²) in [4.78, 5) is 13.2. The maximum atomic E-state index is 11.7. The maximum Gasteiger partial charge on any atom is 0.231 e. The van der Waals surface area contributed by atoms with Crippen molar-refractivity contribution in [1.82, 2.24) is 0 Å². The first-order chi connectivity index (χ1) is 7.63. The quantitative estimate of drug-likeness (QED) is 0.786. The Hall–Kier alpha value is -1.39. The van der Waals surface area contributed by atoms with Crippen molar-refractivity contribution in [2.24, 2.45) is 0 Å². The fraction of sp³-hybridized carbons (Fsp3) is 0.417. The molecule has 1 aliphatic heterocycles. The van der Waals surface area contributed by atoms with Crippen molar-refractivity contribution in [2.45, 2.75) is 19.4 Å². The van der Waals surface area contributed by atoms with Crippen molar-refractivity contribution in [3.05, 3.63) is 29.3 Å². The Morgan fingerprint density at radius 3 is 2.88 bits per heavy atom. The molecule has 0 radical (unpaired) electrons. The molecule has 1 heterocycles. The van der Waals surface area contributed by atoms with Crippen molar-refractivity contribution < 1.29 is 15.0 Å². The number of carbonyl (C=O) groups is 1. The van der Waals surface area contributed by atoms with Crippen LogP contribution >= 0.6 is 0 Å². The SMILES string of the molecule is CC(O)c1ccc2c(c1)CC(=O)N2CCO. The summed E-state index contributed by atoms with van der Waals surface area (Å²) >= 11 is 0. The molecule has 0 saturated heterocycles. The number of anilines is 1. The Labute approximate surface area is 94.1 Å². The monoisotopic (exact) mass is 221 g/mol. The number of rotatable bonds is 3. The highest BCUT2D eigenvalue weighted by molar-refractivity contribution is 6.01. The van der Waals surface area contributed by atoms with Gasteiger partial charge in [0.15, 0.2) is 0 Å². The summed E-state index contributed by atoms with van der Waals surface area (Å²) in [6.45, 7) is 1.99. The van der Waals surface area contributed by atoms with Gasteiger partial charge in [-0.15, -0.1) is 0 Å². The molecule has 0 fully saturated rings. The molecule has 0 aromatic heterocycles. The second-order valence-corrected chi connectivity index (χ2v) is 4.01. The number of aliphatic hydroxyl groups excluding tert-OH is 2. The number of hydrogen-bond donors (Lipinski definition) is 2. The Kier molecular flexibility index (Phi) is 2.94. The van der Waals surface area contributed by atoms with Crippen LogP contribution in [0.2, 0.25) is 0 Å². The van der Waals surface area contributed by atoms with Crippen LogP contribution in [0.1, 0.15) is 24.2 Å². The average Bonchev–Trinajstić information content (AvgIpc) is 2.55. The van der Waals surface area contributed by atoms with Crippen molar-refractivity contribution in [3.63, 3.8) is 0 Å². The van der Waals surface area contributed by atoms with Crippen molar-refractivity contribution in [3.8, 4) is 0 Å². The maximum absolute atomic E-state index is 11.7. The minimum Gasteiger partial charge on any atom is -0.395 e. The Bertz CT molecular complexity index is 415. The second-order valence-electron chi connectivity index (χ2n) is 4.01. The van der Waals surface area contributed by atoms with Crippen molar-refractivity contribution >= 4 is 11.6 Å². The minimum atomic E-state index is -0.521. The van der Waals surface area contributed by atoms with E-state index in [0.717, 1.165) is 16.8 Å². The first-order valence-corrected chi connectivity index (χ1v) is 5.35. The van der Waals surface area contributed by atoms with Crippen LogP contribution in [0.15, 0.2) is 18.2 Å². The molecule has 4 nitrogen and oxygen atoms in total. The predicted octanol–water partition coefficient (Wildman–Crippen LogP) is 0.621. The number of hydrogen-bond acceptors (Lipinski definition) is 3. The van der Waals surface area contributed by atoms with Gasteiger partial charge in [0.25, 0.3) is 0 Å². The molecule has 86 valence electrons. The smallest absolute Gasteiger partial charge is 0.231 e. The summed E-state index contributed by atoms with van der Waals surface area (Å²) in [5, 5.41) is 18.3. The van der Waals surface area contributed by atoms with Gasteiger partial charge in [-0.05, 0) is 24.1 Å². The molecular weight excluding hydrogens is 206 g/mol. The Morgan fingerprint density at radius 1 is 1.50 bits per heavy atom. The molecular formula is C12H15NO3. The van der Waals surface area contributed by atoms with E-state index in [4.69, 9.17) is 5.11 Å². The number of benzene rings is 1. The molecule has 16 heavy (non-hydrogen) atoms. The number of amides is 1. The highest BCUT2D eigenvalue weighted by Crippen LogP contribution is 2.30. The van der Waals surface area contributed by atoms with Gasteiger partial charge in [0.2, 0.25) is 5.91 Å². The van der Waals surface area contributed by atoms with E-state index in [1.807, 2.05) is 18.2 Å². The molecule has 2 rings (SSSR count). The van der Waals surface area contributed by atoms with E-state index in [-0.39, 0.29) is 12.5 Å². The summed E-state index contributed by atoms with van der Waals surface area (Å²) in [7, 11) is 0. The first-order valence-electron chi connectivity index (χ1n) is 5.35. The molecule has 2 N–H and O–H groups in total. The van der Waals surface area contributed by atoms with E-state index in [2.05, 4.69) is 0 Å². The van der Waals surface area contributed by atoms with Crippen LogP contribution in [0.25, 0.3) is 0 Å². The van der Waals surface area contributed by atoms with Gasteiger partial charge in [0.1, 0.15) is 0 Å². The van der Waals surface area contributed by atoms with Crippen LogP contribution in [0.4, 0.5) is 5.69 Å². The van der Waals surface area contributed by atoms with Crippen LogP contribution in [0, 0.1) is 0 Å². The third-order valence-corrected chi connectivity index (χ3v) is 2.84. The highest BCUT2D eigenvalue weighted by atomic mass is 16.3. The molecule has 1 aliphatic rings. The van der Waals surface area contributed by atoms with Crippen LogP contribution in [-0.2, 0) is 11.2 Å². The topological polar surface area (TPSA) is 60.8 Å². The number of nitrogens with zero attached hydrogens (tertiary/aromatic N) is 1. The standard InChI is InChI=1S/C12H15NO3/c1-8(15)9-2-3-11-10(6-9)7-12(16)13(11)4-5-14/h2-3,6,8,14-15H,4-5,7H2,1H3. The summed E-state index contributed by atoms with van der Waals surface area (Å²) in [5.74, 6) is 0.00629. The molecule has 4 heteroatoms. The number of fused-ring (bicyclic) bond motifs is 1. The van der Waals surface area contributed by atoms with E-state index in [9.17, 15) is 9.90 Å². The van der Waals surface area contributed by atoms with Gasteiger partial charge in [0.05, 0.1) is 19.1 Å². The molecule has 0 spiro atoms. The van der Waals surface area contributed by atoms with E-state index in [1.54, 1.807) is 11.8 Å². The molecule has 0 bridgehead atoms. The third kappa shape index (κ3) is 1.81. The molecule has 1 amide bonds. The number of aliphatic hydroxyl groups is 2. The van der Waals surface area contributed by atoms with E-state index >= 15 is 0 Å². The summed E-state index contributed by atoms with van der Waals surface area (Å²) in [5.41, 5.74) is 2.60. The lowest BCUT2D eigenvalue weighted by Gasteiger charge is -2.16. The predicted molar refractivity (Wildman–Crippen MR) is 60.2 cm³/mol. The van der Waals surface area contributed by atoms with Gasteiger partial charge in [-0.3, -0.25) is 4.79 Å². The van der Waals surface area contributed by atoms with E-state index in [1.165, 1.54) is 0 Å². The lowest BCUT2D eigenvalue weighted by atomic mass is 10.1. The third-order valence-electron chi connectivity index (χ3n) is 2.84. The largest absolute Gasteiger partial charge is 0.395 e. The van der Waals surface area contributed by atoms with Crippen LogP contribution in [-0.4, -0.2) is 29.3 Å². The second kappa shape index (κ2) is 4.23. The Balaban J connectivity index is 2.34. The molecule has 1 unspecified atom stereocenters. The lowest BCUT2D eigenvalue weighted by molar-refractivity contribution is -0.117. The fourth-order valence-corrected chi connectivity index (χ4v) is 2.01. The van der Waals surface area contributed by atoms with Crippen molar-refractivity contribution in [1.29, 1.82) is 0 Å². The van der Waals surface area contributed by atoms with Crippen LogP contribution < -0.4 is 4.90 Å². The molecule has 1 aromatic rings. The normalized spacial score (nSPS) is 16.4. The molecule has 0 aliphatic carbocycles. The van der Waals surface area contributed by atoms with Crippen molar-refractivity contribution in [2.75, 3.05) is 18.1 Å². The van der Waals surface area contributed by atoms with Crippen LogP contribution in [0.3, 0.4) is 0 Å². The van der Waals surface area contributed by atoms with Crippen LogP contribution in [0.5, 0.6) is 0 Å². The zero-order chi connectivity index (χ0) is 11.7. The van der Waals surface area contributed by atoms with Gasteiger partial charge in [-0.25, -0.2) is 0 Å². The first kappa shape index (κ1) is 11.1. The minimum absolute atomic E-state index is 0.00629. The summed E-state index contributed by atoms with van der Waals surface area (Å²) in [6, 6.07) is 5.50. The zero-order valence-electron chi connectivity index (χ0n) is 9.18. The van der Waals surface area contributed by atoms with Gasteiger partial charge in [-0.2, -0.15) is 0 Å². The summed E-state index contributed by atoms with van der Waals surface area (Å²) < 4.78 is 0. The highest BCUT2D eigenvalue weighted by Gasteiger charge is 2.26. The van der Waals surface area contributed by atoms with Gasteiger partial charge in [0, 0.05) is 12.2 Å².